The Morgan fingerprint density at radius 1 is 1.35 bits per heavy atom. The van der Waals surface area contributed by atoms with Gasteiger partial charge >= 0.3 is 0 Å². The Morgan fingerprint density at radius 3 is 2.50 bits per heavy atom. The minimum Gasteiger partial charge on any atom is -0.309 e. The van der Waals surface area contributed by atoms with Gasteiger partial charge in [-0.3, -0.25) is 4.90 Å². The molecule has 1 fully saturated rings. The van der Waals surface area contributed by atoms with Crippen LogP contribution in [0.1, 0.15) is 50.2 Å². The zero-order valence-electron chi connectivity index (χ0n) is 14.0. The third-order valence-corrected chi connectivity index (χ3v) is 5.28. The summed E-state index contributed by atoms with van der Waals surface area (Å²) in [6.45, 7) is 19.0. The molecule has 3 nitrogen and oxygen atoms in total. The highest BCUT2D eigenvalue weighted by atomic mass is 32.1. The number of piperazine rings is 1. The molecule has 0 amide bonds. The van der Waals surface area contributed by atoms with E-state index in [1.54, 1.807) is 0 Å². The van der Waals surface area contributed by atoms with Crippen molar-refractivity contribution in [3.05, 3.63) is 15.6 Å². The molecule has 2 rings (SSSR count). The lowest BCUT2D eigenvalue weighted by atomic mass is 9.82. The molecular weight excluding hydrogens is 266 g/mol. The topological polar surface area (TPSA) is 28.2 Å². The molecule has 2 heterocycles. The highest BCUT2D eigenvalue weighted by Crippen LogP contribution is 2.30. The molecule has 4 heteroatoms. The normalized spacial score (nSPS) is 24.1. The van der Waals surface area contributed by atoms with Gasteiger partial charge in [0.15, 0.2) is 0 Å². The molecular formula is C16H29N3S. The van der Waals surface area contributed by atoms with Crippen LogP contribution in [-0.2, 0) is 6.54 Å². The number of hydrogen-bond donors (Lipinski definition) is 1. The van der Waals surface area contributed by atoms with Crippen molar-refractivity contribution in [1.82, 2.24) is 15.2 Å². The number of aryl methyl sites for hydroxylation is 2. The zero-order chi connectivity index (χ0) is 15.1. The van der Waals surface area contributed by atoms with Crippen LogP contribution in [0.4, 0.5) is 0 Å². The Labute approximate surface area is 127 Å². The molecule has 0 spiro atoms. The molecule has 1 aliphatic heterocycles. The summed E-state index contributed by atoms with van der Waals surface area (Å²) >= 11 is 1.85. The largest absolute Gasteiger partial charge is 0.309 e. The number of hydrogen-bond acceptors (Lipinski definition) is 4. The Morgan fingerprint density at radius 2 is 2.00 bits per heavy atom. The first-order valence-electron chi connectivity index (χ1n) is 7.50. The number of rotatable bonds is 2. The lowest BCUT2D eigenvalue weighted by Gasteiger charge is -2.49. The van der Waals surface area contributed by atoms with E-state index in [-0.39, 0.29) is 11.0 Å². The fourth-order valence-corrected chi connectivity index (χ4v) is 3.94. The molecule has 1 aromatic heterocycles. The monoisotopic (exact) mass is 295 g/mol. The van der Waals surface area contributed by atoms with Gasteiger partial charge in [0.2, 0.25) is 0 Å². The van der Waals surface area contributed by atoms with Crippen LogP contribution in [0.3, 0.4) is 0 Å². The minimum absolute atomic E-state index is 0.184. The first-order chi connectivity index (χ1) is 9.08. The smallest absolute Gasteiger partial charge is 0.107 e. The molecule has 1 atom stereocenters. The van der Waals surface area contributed by atoms with Crippen molar-refractivity contribution < 1.29 is 0 Å². The lowest BCUT2D eigenvalue weighted by molar-refractivity contribution is 0.0271. The van der Waals surface area contributed by atoms with Crippen molar-refractivity contribution in [3.8, 4) is 0 Å². The second-order valence-electron chi connectivity index (χ2n) is 7.80. The quantitative estimate of drug-likeness (QED) is 0.907. The first-order valence-corrected chi connectivity index (χ1v) is 8.32. The Balaban J connectivity index is 2.19. The summed E-state index contributed by atoms with van der Waals surface area (Å²) in [5.74, 6) is 0. The van der Waals surface area contributed by atoms with Gasteiger partial charge in [0.05, 0.1) is 12.2 Å². The molecule has 0 saturated carbocycles. The van der Waals surface area contributed by atoms with Gasteiger partial charge in [-0.15, -0.1) is 11.3 Å². The minimum atomic E-state index is 0.184. The van der Waals surface area contributed by atoms with E-state index in [0.29, 0.717) is 6.04 Å². The van der Waals surface area contributed by atoms with Crippen molar-refractivity contribution in [2.45, 2.75) is 66.6 Å². The highest BCUT2D eigenvalue weighted by Gasteiger charge is 2.38. The summed E-state index contributed by atoms with van der Waals surface area (Å²) in [4.78, 5) is 8.69. The molecule has 1 aromatic rings. The first kappa shape index (κ1) is 15.9. The van der Waals surface area contributed by atoms with E-state index >= 15 is 0 Å². The van der Waals surface area contributed by atoms with Crippen molar-refractivity contribution in [2.24, 2.45) is 5.41 Å². The predicted octanol–water partition coefficient (Wildman–Crippen LogP) is 3.36. The van der Waals surface area contributed by atoms with Gasteiger partial charge in [-0.2, -0.15) is 0 Å². The molecule has 1 N–H and O–H groups in total. The van der Waals surface area contributed by atoms with E-state index in [0.717, 1.165) is 19.6 Å². The standard InChI is InChI=1S/C16H29N3S/c1-11-12(2)20-14(18-11)9-19-10-16(6,7)17-8-13(19)15(3,4)5/h13,17H,8-10H2,1-7H3. The maximum absolute atomic E-state index is 4.73. The number of thiazole rings is 1. The van der Waals surface area contributed by atoms with Crippen LogP contribution in [0.25, 0.3) is 0 Å². The molecule has 0 aliphatic carbocycles. The Kier molecular flexibility index (Phi) is 4.30. The van der Waals surface area contributed by atoms with E-state index in [2.05, 4.69) is 58.7 Å². The molecule has 20 heavy (non-hydrogen) atoms. The van der Waals surface area contributed by atoms with Gasteiger partial charge in [-0.25, -0.2) is 4.98 Å². The molecule has 0 aromatic carbocycles. The van der Waals surface area contributed by atoms with Crippen molar-refractivity contribution >= 4 is 11.3 Å². The second kappa shape index (κ2) is 5.39. The molecule has 1 aliphatic rings. The summed E-state index contributed by atoms with van der Waals surface area (Å²) in [6.07, 6.45) is 0. The third-order valence-electron chi connectivity index (χ3n) is 4.22. The van der Waals surface area contributed by atoms with Crippen molar-refractivity contribution in [2.75, 3.05) is 13.1 Å². The van der Waals surface area contributed by atoms with Gasteiger partial charge in [-0.05, 0) is 33.1 Å². The van der Waals surface area contributed by atoms with E-state index in [4.69, 9.17) is 4.98 Å². The number of nitrogens with one attached hydrogen (secondary N) is 1. The molecule has 1 unspecified atom stereocenters. The number of aromatic nitrogens is 1. The summed E-state index contributed by atoms with van der Waals surface area (Å²) in [5, 5.41) is 4.95. The van der Waals surface area contributed by atoms with Gasteiger partial charge in [0.25, 0.3) is 0 Å². The molecule has 0 bridgehead atoms. The third kappa shape index (κ3) is 3.60. The summed E-state index contributed by atoms with van der Waals surface area (Å²) < 4.78 is 0. The van der Waals surface area contributed by atoms with Crippen LogP contribution in [0, 0.1) is 19.3 Å². The molecule has 1 saturated heterocycles. The highest BCUT2D eigenvalue weighted by molar-refractivity contribution is 7.11. The SMILES string of the molecule is Cc1nc(CN2CC(C)(C)NCC2C(C)(C)C)sc1C. The van der Waals surface area contributed by atoms with Gasteiger partial charge < -0.3 is 5.32 Å². The zero-order valence-corrected chi connectivity index (χ0v) is 14.8. The van der Waals surface area contributed by atoms with Gasteiger partial charge in [0, 0.05) is 29.5 Å². The maximum atomic E-state index is 4.73. The Hall–Kier alpha value is -0.450. The lowest BCUT2D eigenvalue weighted by Crippen LogP contribution is -2.64. The van der Waals surface area contributed by atoms with Gasteiger partial charge in [0.1, 0.15) is 5.01 Å². The van der Waals surface area contributed by atoms with E-state index in [1.807, 2.05) is 11.3 Å². The van der Waals surface area contributed by atoms with Crippen LogP contribution in [-0.4, -0.2) is 34.6 Å². The molecule has 0 radical (unpaired) electrons. The van der Waals surface area contributed by atoms with Crippen LogP contribution >= 0.6 is 11.3 Å². The summed E-state index contributed by atoms with van der Waals surface area (Å²) in [5.41, 5.74) is 1.65. The van der Waals surface area contributed by atoms with Crippen LogP contribution in [0.5, 0.6) is 0 Å². The predicted molar refractivity (Wildman–Crippen MR) is 87.3 cm³/mol. The van der Waals surface area contributed by atoms with Crippen molar-refractivity contribution in [1.29, 1.82) is 0 Å². The fraction of sp³-hybridized carbons (Fsp3) is 0.812. The fourth-order valence-electron chi connectivity index (χ4n) is 2.98. The van der Waals surface area contributed by atoms with Crippen LogP contribution in [0.2, 0.25) is 0 Å². The maximum Gasteiger partial charge on any atom is 0.107 e. The molecule has 114 valence electrons. The summed E-state index contributed by atoms with van der Waals surface area (Å²) in [7, 11) is 0. The van der Waals surface area contributed by atoms with Crippen molar-refractivity contribution in [3.63, 3.8) is 0 Å². The van der Waals surface area contributed by atoms with Crippen LogP contribution in [0.15, 0.2) is 0 Å². The van der Waals surface area contributed by atoms with E-state index in [9.17, 15) is 0 Å². The number of nitrogens with zero attached hydrogens (tertiary/aromatic N) is 2. The van der Waals surface area contributed by atoms with E-state index < -0.39 is 0 Å². The van der Waals surface area contributed by atoms with Gasteiger partial charge in [-0.1, -0.05) is 20.8 Å². The average Bonchev–Trinajstić information content (AvgIpc) is 2.54. The Bertz CT molecular complexity index is 451. The van der Waals surface area contributed by atoms with Crippen LogP contribution < -0.4 is 5.32 Å². The second-order valence-corrected chi connectivity index (χ2v) is 9.09. The van der Waals surface area contributed by atoms with E-state index in [1.165, 1.54) is 15.6 Å². The summed E-state index contributed by atoms with van der Waals surface area (Å²) in [6, 6.07) is 0.556. The average molecular weight is 295 g/mol.